The Morgan fingerprint density at radius 3 is 2.41 bits per heavy atom. The molecule has 7 nitrogen and oxygen atoms in total. The van der Waals surface area contributed by atoms with E-state index in [-0.39, 0.29) is 23.0 Å². The number of hydrogen-bond donors (Lipinski definition) is 1. The second-order valence-electron chi connectivity index (χ2n) is 7.06. The monoisotopic (exact) mass is 472 g/mol. The molecule has 166 valence electrons. The molecule has 1 aliphatic heterocycles. The van der Waals surface area contributed by atoms with E-state index in [1.54, 1.807) is 30.3 Å². The van der Waals surface area contributed by atoms with Crippen LogP contribution in [0.15, 0.2) is 77.7 Å². The number of amides is 1. The van der Waals surface area contributed by atoms with Gasteiger partial charge < -0.3 is 14.8 Å². The Balaban J connectivity index is 1.53. The number of halogens is 1. The van der Waals surface area contributed by atoms with Crippen molar-refractivity contribution in [3.63, 3.8) is 0 Å². The van der Waals surface area contributed by atoms with Crippen LogP contribution in [0.1, 0.15) is 10.4 Å². The van der Waals surface area contributed by atoms with Crippen LogP contribution in [0, 0.1) is 0 Å². The van der Waals surface area contributed by atoms with Gasteiger partial charge in [-0.3, -0.25) is 4.79 Å². The van der Waals surface area contributed by atoms with Crippen LogP contribution in [0.2, 0.25) is 5.02 Å². The van der Waals surface area contributed by atoms with Crippen molar-refractivity contribution >= 4 is 33.2 Å². The Morgan fingerprint density at radius 1 is 0.938 bits per heavy atom. The summed E-state index contributed by atoms with van der Waals surface area (Å²) in [6.07, 6.45) is 0. The molecule has 0 aromatic heterocycles. The number of benzene rings is 3. The van der Waals surface area contributed by atoms with Crippen molar-refractivity contribution in [2.24, 2.45) is 0 Å². The summed E-state index contributed by atoms with van der Waals surface area (Å²) in [6.45, 7) is 1.16. The van der Waals surface area contributed by atoms with Gasteiger partial charge in [-0.1, -0.05) is 35.9 Å². The van der Waals surface area contributed by atoms with E-state index in [2.05, 4.69) is 5.32 Å². The minimum atomic E-state index is -3.81. The summed E-state index contributed by atoms with van der Waals surface area (Å²) in [4.78, 5) is 12.7. The number of sulfonamides is 1. The molecule has 0 aliphatic carbocycles. The summed E-state index contributed by atoms with van der Waals surface area (Å²) < 4.78 is 38.3. The van der Waals surface area contributed by atoms with Crippen molar-refractivity contribution in [2.45, 2.75) is 4.90 Å². The second-order valence-corrected chi connectivity index (χ2v) is 9.37. The van der Waals surface area contributed by atoms with Gasteiger partial charge in [0.25, 0.3) is 5.91 Å². The van der Waals surface area contributed by atoms with Gasteiger partial charge in [0, 0.05) is 24.3 Å². The highest BCUT2D eigenvalue weighted by atomic mass is 35.5. The van der Waals surface area contributed by atoms with Crippen LogP contribution in [-0.2, 0) is 14.8 Å². The normalized spacial score (nSPS) is 14.7. The Morgan fingerprint density at radius 2 is 1.66 bits per heavy atom. The molecule has 0 bridgehead atoms. The zero-order valence-corrected chi connectivity index (χ0v) is 18.6. The molecule has 3 aromatic carbocycles. The number of anilines is 1. The fraction of sp³-hybridized carbons (Fsp3) is 0.174. The van der Waals surface area contributed by atoms with E-state index in [1.165, 1.54) is 16.4 Å². The number of hydrogen-bond acceptors (Lipinski definition) is 5. The molecule has 32 heavy (non-hydrogen) atoms. The molecule has 0 spiro atoms. The minimum Gasteiger partial charge on any atom is -0.457 e. The maximum atomic E-state index is 13.0. The molecule has 1 heterocycles. The highest BCUT2D eigenvalue weighted by Gasteiger charge is 2.28. The molecule has 0 saturated carbocycles. The summed E-state index contributed by atoms with van der Waals surface area (Å²) in [5, 5.41) is 2.82. The van der Waals surface area contributed by atoms with Gasteiger partial charge >= 0.3 is 0 Å². The van der Waals surface area contributed by atoms with Crippen LogP contribution in [-0.4, -0.2) is 44.9 Å². The van der Waals surface area contributed by atoms with Gasteiger partial charge in [0.1, 0.15) is 16.4 Å². The van der Waals surface area contributed by atoms with E-state index in [4.69, 9.17) is 21.1 Å². The molecule has 1 aliphatic rings. The van der Waals surface area contributed by atoms with Crippen molar-refractivity contribution in [3.05, 3.63) is 83.4 Å². The largest absolute Gasteiger partial charge is 0.457 e. The lowest BCUT2D eigenvalue weighted by molar-refractivity contribution is 0.0730. The van der Waals surface area contributed by atoms with Crippen molar-refractivity contribution in [2.75, 3.05) is 31.6 Å². The van der Waals surface area contributed by atoms with Crippen LogP contribution >= 0.6 is 11.6 Å². The summed E-state index contributed by atoms with van der Waals surface area (Å²) in [7, 11) is -3.81. The molecule has 4 rings (SSSR count). The molecule has 1 fully saturated rings. The fourth-order valence-corrected chi connectivity index (χ4v) is 5.14. The van der Waals surface area contributed by atoms with Crippen molar-refractivity contribution in [3.8, 4) is 11.5 Å². The van der Waals surface area contributed by atoms with E-state index in [9.17, 15) is 13.2 Å². The molecule has 1 amide bonds. The first-order valence-corrected chi connectivity index (χ1v) is 11.8. The van der Waals surface area contributed by atoms with Crippen molar-refractivity contribution in [1.29, 1.82) is 0 Å². The number of morpholine rings is 1. The lowest BCUT2D eigenvalue weighted by Gasteiger charge is -2.26. The maximum absolute atomic E-state index is 13.0. The van der Waals surface area contributed by atoms with Gasteiger partial charge in [0.05, 0.1) is 18.2 Å². The average molecular weight is 473 g/mol. The van der Waals surface area contributed by atoms with Crippen molar-refractivity contribution in [1.82, 2.24) is 4.31 Å². The molecule has 0 atom stereocenters. The average Bonchev–Trinajstić information content (AvgIpc) is 2.81. The summed E-state index contributed by atoms with van der Waals surface area (Å²) >= 11 is 6.18. The van der Waals surface area contributed by atoms with Crippen molar-refractivity contribution < 1.29 is 22.7 Å². The van der Waals surface area contributed by atoms with Gasteiger partial charge in [-0.2, -0.15) is 4.31 Å². The Bertz CT molecular complexity index is 1210. The SMILES string of the molecule is O=C(Nc1ccc(Cl)c(S(=O)(=O)N2CCOCC2)c1)c1cccc(Oc2ccccc2)c1. The first kappa shape index (κ1) is 22.3. The second kappa shape index (κ2) is 9.70. The third-order valence-corrected chi connectivity index (χ3v) is 7.23. The minimum absolute atomic E-state index is 0.0555. The lowest BCUT2D eigenvalue weighted by Crippen LogP contribution is -2.40. The van der Waals surface area contributed by atoms with Gasteiger partial charge in [-0.05, 0) is 48.5 Å². The fourth-order valence-electron chi connectivity index (χ4n) is 3.23. The number of carbonyl (C=O) groups is 1. The predicted molar refractivity (Wildman–Crippen MR) is 122 cm³/mol. The Hall–Kier alpha value is -2.91. The molecule has 1 saturated heterocycles. The number of para-hydroxylation sites is 1. The quantitative estimate of drug-likeness (QED) is 0.574. The van der Waals surface area contributed by atoms with Crippen LogP contribution in [0.3, 0.4) is 0 Å². The maximum Gasteiger partial charge on any atom is 0.255 e. The van der Waals surface area contributed by atoms with E-state index in [0.717, 1.165) is 0 Å². The van der Waals surface area contributed by atoms with E-state index in [1.807, 2.05) is 30.3 Å². The first-order chi connectivity index (χ1) is 15.4. The summed E-state index contributed by atoms with van der Waals surface area (Å²) in [6, 6.07) is 20.3. The first-order valence-electron chi connectivity index (χ1n) is 9.95. The summed E-state index contributed by atoms with van der Waals surface area (Å²) in [5.74, 6) is 0.761. The molecule has 1 N–H and O–H groups in total. The van der Waals surface area contributed by atoms with E-state index in [0.29, 0.717) is 36.0 Å². The molecular formula is C23H21ClN2O5S. The molecular weight excluding hydrogens is 452 g/mol. The molecule has 9 heteroatoms. The molecule has 0 unspecified atom stereocenters. The highest BCUT2D eigenvalue weighted by molar-refractivity contribution is 7.89. The zero-order chi connectivity index (χ0) is 22.6. The Labute approximate surface area is 191 Å². The highest BCUT2D eigenvalue weighted by Crippen LogP contribution is 2.29. The van der Waals surface area contributed by atoms with Gasteiger partial charge in [-0.15, -0.1) is 0 Å². The van der Waals surface area contributed by atoms with E-state index < -0.39 is 15.9 Å². The number of ether oxygens (including phenoxy) is 2. The third-order valence-electron chi connectivity index (χ3n) is 4.85. The smallest absolute Gasteiger partial charge is 0.255 e. The van der Waals surface area contributed by atoms with Crippen LogP contribution in [0.5, 0.6) is 11.5 Å². The predicted octanol–water partition coefficient (Wildman–Crippen LogP) is 4.41. The van der Waals surface area contributed by atoms with Gasteiger partial charge in [0.15, 0.2) is 0 Å². The standard InChI is InChI=1S/C23H21ClN2O5S/c24-21-10-9-18(16-22(21)32(28,29)26-11-13-30-14-12-26)25-23(27)17-5-4-8-20(15-17)31-19-6-2-1-3-7-19/h1-10,15-16H,11-14H2,(H,25,27). The van der Waals surface area contributed by atoms with Crippen LogP contribution in [0.4, 0.5) is 5.69 Å². The Kier molecular flexibility index (Phi) is 6.76. The topological polar surface area (TPSA) is 84.9 Å². The van der Waals surface area contributed by atoms with Gasteiger partial charge in [0.2, 0.25) is 10.0 Å². The number of nitrogens with zero attached hydrogens (tertiary/aromatic N) is 1. The number of nitrogens with one attached hydrogen (secondary N) is 1. The number of carbonyl (C=O) groups excluding carboxylic acids is 1. The van der Waals surface area contributed by atoms with Crippen LogP contribution < -0.4 is 10.1 Å². The molecule has 3 aromatic rings. The zero-order valence-electron chi connectivity index (χ0n) is 17.0. The number of rotatable bonds is 6. The third kappa shape index (κ3) is 5.11. The van der Waals surface area contributed by atoms with Crippen LogP contribution in [0.25, 0.3) is 0 Å². The van der Waals surface area contributed by atoms with E-state index >= 15 is 0 Å². The lowest BCUT2D eigenvalue weighted by atomic mass is 10.2. The molecule has 0 radical (unpaired) electrons. The van der Waals surface area contributed by atoms with Gasteiger partial charge in [-0.25, -0.2) is 8.42 Å². The summed E-state index contributed by atoms with van der Waals surface area (Å²) in [5.41, 5.74) is 0.687.